The molecule has 6 heterocycles. The highest BCUT2D eigenvalue weighted by molar-refractivity contribution is 9.10. The molecule has 22 aromatic rings. The Balaban J connectivity index is 0.000000131. The summed E-state index contributed by atoms with van der Waals surface area (Å²) in [5.74, 6) is 0. The Kier molecular flexibility index (Phi) is 19.3. The second-order valence-electron chi connectivity index (χ2n) is 28.7. The van der Waals surface area contributed by atoms with Crippen molar-refractivity contribution >= 4 is 132 Å². The summed E-state index contributed by atoms with van der Waals surface area (Å²) in [5.41, 5.74) is 30.0. The molecular formula is C107H75BrN6O2. The molecule has 0 amide bonds. The van der Waals surface area contributed by atoms with Crippen molar-refractivity contribution < 1.29 is 8.83 Å². The molecular weight excluding hydrogens is 1480 g/mol. The van der Waals surface area contributed by atoms with Crippen LogP contribution in [-0.4, -0.2) is 19.1 Å². The van der Waals surface area contributed by atoms with Crippen molar-refractivity contribution in [2.24, 2.45) is 0 Å². The van der Waals surface area contributed by atoms with E-state index in [1.807, 2.05) is 73.2 Å². The summed E-state index contributed by atoms with van der Waals surface area (Å²) in [4.78, 5) is 10.8. The highest BCUT2D eigenvalue weighted by atomic mass is 79.9. The molecule has 0 fully saturated rings. The lowest BCUT2D eigenvalue weighted by molar-refractivity contribution is 0.668. The molecule has 0 aliphatic heterocycles. The van der Waals surface area contributed by atoms with Crippen LogP contribution < -0.4 is 10.2 Å². The number of hydrogen-bond donors (Lipinski definition) is 1. The molecule has 0 bridgehead atoms. The number of para-hydroxylation sites is 6. The van der Waals surface area contributed by atoms with Crippen molar-refractivity contribution in [1.82, 2.24) is 19.1 Å². The number of fused-ring (bicyclic) bond motifs is 12. The van der Waals surface area contributed by atoms with E-state index in [0.717, 1.165) is 121 Å². The molecule has 0 atom stereocenters. The van der Waals surface area contributed by atoms with Gasteiger partial charge in [0.25, 0.3) is 0 Å². The third-order valence-corrected chi connectivity index (χ3v) is 22.1. The van der Waals surface area contributed by atoms with Gasteiger partial charge in [-0.05, 0) is 237 Å². The van der Waals surface area contributed by atoms with Gasteiger partial charge in [-0.1, -0.05) is 242 Å². The Bertz CT molecular complexity index is 7320. The number of nitrogens with one attached hydrogen (secondary N) is 1. The Morgan fingerprint density at radius 2 is 0.612 bits per heavy atom. The second-order valence-corrected chi connectivity index (χ2v) is 29.6. The molecule has 8 nitrogen and oxygen atoms in total. The van der Waals surface area contributed by atoms with Gasteiger partial charge in [0.2, 0.25) is 0 Å². The molecule has 1 N–H and O–H groups in total. The van der Waals surface area contributed by atoms with Gasteiger partial charge in [-0.3, -0.25) is 9.97 Å². The van der Waals surface area contributed by atoms with Crippen molar-refractivity contribution in [1.29, 1.82) is 0 Å². The summed E-state index contributed by atoms with van der Waals surface area (Å²) in [6.45, 7) is 0. The van der Waals surface area contributed by atoms with Gasteiger partial charge in [-0.2, -0.15) is 0 Å². The maximum Gasteiger partial charge on any atom is 0.137 e. The van der Waals surface area contributed by atoms with Crippen molar-refractivity contribution in [3.8, 4) is 78.1 Å². The number of aromatic nitrogens is 4. The summed E-state index contributed by atoms with van der Waals surface area (Å²) >= 11 is 3.61. The zero-order chi connectivity index (χ0) is 76.5. The van der Waals surface area contributed by atoms with E-state index in [-0.39, 0.29) is 7.43 Å². The largest absolute Gasteiger partial charge is 0.456 e. The average Bonchev–Trinajstić information content (AvgIpc) is 1.59. The Labute approximate surface area is 680 Å². The lowest BCUT2D eigenvalue weighted by Crippen LogP contribution is -2.09. The number of benzene rings is 16. The van der Waals surface area contributed by atoms with Crippen LogP contribution in [0.5, 0.6) is 0 Å². The van der Waals surface area contributed by atoms with E-state index in [1.54, 1.807) is 6.20 Å². The van der Waals surface area contributed by atoms with Crippen LogP contribution >= 0.6 is 15.9 Å². The van der Waals surface area contributed by atoms with Gasteiger partial charge in [0.1, 0.15) is 22.3 Å². The van der Waals surface area contributed by atoms with Gasteiger partial charge >= 0.3 is 0 Å². The van der Waals surface area contributed by atoms with E-state index < -0.39 is 0 Å². The third-order valence-electron chi connectivity index (χ3n) is 21.7. The fourth-order valence-corrected chi connectivity index (χ4v) is 16.5. The number of rotatable bonds is 13. The summed E-state index contributed by atoms with van der Waals surface area (Å²) in [6.07, 6.45) is 7.37. The van der Waals surface area contributed by atoms with Crippen molar-refractivity contribution in [2.45, 2.75) is 7.43 Å². The van der Waals surface area contributed by atoms with Gasteiger partial charge in [0.15, 0.2) is 0 Å². The van der Waals surface area contributed by atoms with Crippen LogP contribution in [0.3, 0.4) is 0 Å². The Hall–Kier alpha value is -14.9. The maximum atomic E-state index is 6.31. The van der Waals surface area contributed by atoms with E-state index in [1.165, 1.54) is 77.0 Å². The van der Waals surface area contributed by atoms with Crippen LogP contribution in [0.4, 0.5) is 28.4 Å². The monoisotopic (exact) mass is 1550 g/mol. The molecule has 552 valence electrons. The quantitative estimate of drug-likeness (QED) is 0.124. The summed E-state index contributed by atoms with van der Waals surface area (Å²) < 4.78 is 18.3. The predicted molar refractivity (Wildman–Crippen MR) is 490 cm³/mol. The molecule has 116 heavy (non-hydrogen) atoms. The fraction of sp³-hybridized carbons (Fsp3) is 0.00935. The number of anilines is 5. The topological polar surface area (TPSA) is 77.2 Å². The lowest BCUT2D eigenvalue weighted by Gasteiger charge is -2.26. The van der Waals surface area contributed by atoms with Gasteiger partial charge in [-0.25, -0.2) is 0 Å². The van der Waals surface area contributed by atoms with Crippen molar-refractivity contribution in [2.75, 3.05) is 10.2 Å². The molecule has 16 aromatic carbocycles. The summed E-state index contributed by atoms with van der Waals surface area (Å²) in [7, 11) is 0. The second kappa shape index (κ2) is 31.3. The zero-order valence-corrected chi connectivity index (χ0v) is 63.9. The van der Waals surface area contributed by atoms with Crippen LogP contribution in [0.25, 0.3) is 166 Å². The number of halogens is 1. The van der Waals surface area contributed by atoms with E-state index >= 15 is 0 Å². The molecule has 0 unspecified atom stereocenters. The minimum atomic E-state index is 0. The first-order chi connectivity index (χ1) is 56.9. The number of hydrogen-bond acceptors (Lipinski definition) is 6. The third kappa shape index (κ3) is 14.0. The predicted octanol–water partition coefficient (Wildman–Crippen LogP) is 30.5. The summed E-state index contributed by atoms with van der Waals surface area (Å²) in [5, 5.41) is 12.8. The van der Waals surface area contributed by atoms with Crippen LogP contribution in [0.15, 0.2) is 438 Å². The molecule has 6 aromatic heterocycles. The van der Waals surface area contributed by atoms with Crippen molar-refractivity contribution in [3.63, 3.8) is 0 Å². The molecule has 22 rings (SSSR count). The van der Waals surface area contributed by atoms with Crippen LogP contribution in [0, 0.1) is 0 Å². The van der Waals surface area contributed by atoms with Crippen LogP contribution in [0.2, 0.25) is 0 Å². The maximum absolute atomic E-state index is 6.31. The number of pyridine rings is 2. The normalized spacial score (nSPS) is 11.2. The van der Waals surface area contributed by atoms with Crippen molar-refractivity contribution in [3.05, 3.63) is 430 Å². The molecule has 0 spiro atoms. The van der Waals surface area contributed by atoms with Gasteiger partial charge < -0.3 is 28.2 Å². The standard InChI is InChI=1S/C53H35N3O.C36H22BrNO.C17H14N2.CH4/c1-2-15-42(16-3-1)55(43-25-22-36(23-26-43)41-14-10-30-54-35-41)44-17-9-13-39(32-44)37-11-8-12-38(31-37)40-24-29-51-49(33-40)46-18-4-6-20-50(46)56(51)45-27-28-48-47-19-5-7-21-52(47)57-53(48)34-45;37-27-10-6-9-25(20-27)23-7-5-8-24(19-23)26-15-18-34-32(21-26)29-11-1-3-13-33(29)38(34)28-16-17-31-30-12-2-4-14-35(30)39-36(31)22-28;1-2-6-16(7-3-1)19-17-10-8-14(9-11-17)15-5-4-12-18-13-15;/h1-35H;1-22H;1-13,19H;1H4. The first kappa shape index (κ1) is 71.4. The zero-order valence-electron chi connectivity index (χ0n) is 62.3. The fourth-order valence-electron chi connectivity index (χ4n) is 16.1. The van der Waals surface area contributed by atoms with Gasteiger partial charge in [-0.15, -0.1) is 0 Å². The van der Waals surface area contributed by atoms with Crippen LogP contribution in [-0.2, 0) is 0 Å². The SMILES string of the molecule is Brc1cccc(-c2cccc(-c3ccc4c(c3)c3ccccc3n4-c3ccc4c(c3)oc3ccccc34)c2)c1.C.c1ccc(N(c2ccc(-c3cccnc3)cc2)c2cccc(-c3cccc(-c4ccc5c(c4)c4ccccc4n5-c4ccc5c(c4)oc4ccccc45)c3)c2)cc1.c1ccc(Nc2ccc(-c3cccnc3)cc2)cc1. The average molecular weight is 1560 g/mol. The molecule has 0 saturated heterocycles. The van der Waals surface area contributed by atoms with Gasteiger partial charge in [0.05, 0.1) is 22.1 Å². The lowest BCUT2D eigenvalue weighted by atomic mass is 9.97. The molecule has 0 aliphatic carbocycles. The van der Waals surface area contributed by atoms with E-state index in [9.17, 15) is 0 Å². The molecule has 0 radical (unpaired) electrons. The number of nitrogens with zero attached hydrogens (tertiary/aromatic N) is 5. The minimum Gasteiger partial charge on any atom is -0.456 e. The molecule has 0 saturated carbocycles. The first-order valence-electron chi connectivity index (χ1n) is 38.5. The van der Waals surface area contributed by atoms with Gasteiger partial charge in [0, 0.05) is 124 Å². The van der Waals surface area contributed by atoms with Crippen LogP contribution in [0.1, 0.15) is 7.43 Å². The summed E-state index contributed by atoms with van der Waals surface area (Å²) in [6, 6.07) is 141. The number of furan rings is 2. The van der Waals surface area contributed by atoms with E-state index in [0.29, 0.717) is 0 Å². The highest BCUT2D eigenvalue weighted by Crippen LogP contribution is 2.43. The Morgan fingerprint density at radius 3 is 1.11 bits per heavy atom. The van der Waals surface area contributed by atoms with E-state index in [2.05, 4.69) is 391 Å². The molecule has 9 heteroatoms. The Morgan fingerprint density at radius 1 is 0.241 bits per heavy atom. The first-order valence-corrected chi connectivity index (χ1v) is 39.3. The smallest absolute Gasteiger partial charge is 0.137 e. The minimum absolute atomic E-state index is 0. The molecule has 0 aliphatic rings. The highest BCUT2D eigenvalue weighted by Gasteiger charge is 2.20. The van der Waals surface area contributed by atoms with E-state index in [4.69, 9.17) is 8.83 Å².